The van der Waals surface area contributed by atoms with Gasteiger partial charge in [0, 0.05) is 25.9 Å². The van der Waals surface area contributed by atoms with Crippen molar-refractivity contribution in [2.75, 3.05) is 32.8 Å². The van der Waals surface area contributed by atoms with E-state index in [1.165, 1.54) is 4.68 Å². The SMILES string of the molecule is Cn1nc(C2CCN(CCC3OCCO3)CC2)n(-c2ccccc2)c1=O. The summed E-state index contributed by atoms with van der Waals surface area (Å²) in [5.41, 5.74) is 0.808. The zero-order valence-corrected chi connectivity index (χ0v) is 15.2. The third-order valence-electron chi connectivity index (χ3n) is 5.29. The van der Waals surface area contributed by atoms with Gasteiger partial charge in [-0.3, -0.25) is 0 Å². The average Bonchev–Trinajstić information content (AvgIpc) is 3.30. The van der Waals surface area contributed by atoms with Crippen LogP contribution >= 0.6 is 0 Å². The van der Waals surface area contributed by atoms with E-state index in [0.29, 0.717) is 19.1 Å². The lowest BCUT2D eigenvalue weighted by molar-refractivity contribution is -0.0524. The second-order valence-corrected chi connectivity index (χ2v) is 7.01. The molecule has 7 nitrogen and oxygen atoms in total. The Morgan fingerprint density at radius 1 is 1.12 bits per heavy atom. The molecule has 4 rings (SSSR count). The monoisotopic (exact) mass is 358 g/mol. The highest BCUT2D eigenvalue weighted by molar-refractivity contribution is 5.32. The van der Waals surface area contributed by atoms with Gasteiger partial charge in [0.1, 0.15) is 5.82 Å². The fourth-order valence-corrected chi connectivity index (χ4v) is 3.84. The average molecular weight is 358 g/mol. The predicted octanol–water partition coefficient (Wildman–Crippen LogP) is 1.51. The number of aryl methyl sites for hydroxylation is 1. The van der Waals surface area contributed by atoms with E-state index >= 15 is 0 Å². The second kappa shape index (κ2) is 7.73. The first-order chi connectivity index (χ1) is 12.7. The molecule has 0 aliphatic carbocycles. The Balaban J connectivity index is 1.43. The Morgan fingerprint density at radius 3 is 2.50 bits per heavy atom. The van der Waals surface area contributed by atoms with E-state index in [-0.39, 0.29) is 12.0 Å². The van der Waals surface area contributed by atoms with E-state index in [9.17, 15) is 4.79 Å². The maximum Gasteiger partial charge on any atom is 0.350 e. The number of ether oxygens (including phenoxy) is 2. The lowest BCUT2D eigenvalue weighted by Crippen LogP contribution is -2.36. The van der Waals surface area contributed by atoms with Crippen LogP contribution in [0.4, 0.5) is 0 Å². The van der Waals surface area contributed by atoms with E-state index < -0.39 is 0 Å². The number of likely N-dealkylation sites (tertiary alicyclic amines) is 1. The van der Waals surface area contributed by atoms with Gasteiger partial charge in [-0.1, -0.05) is 18.2 Å². The molecule has 1 aromatic heterocycles. The number of rotatable bonds is 5. The van der Waals surface area contributed by atoms with Gasteiger partial charge >= 0.3 is 5.69 Å². The van der Waals surface area contributed by atoms with E-state index in [1.54, 1.807) is 11.6 Å². The Labute approximate surface area is 153 Å². The summed E-state index contributed by atoms with van der Waals surface area (Å²) in [4.78, 5) is 15.0. The molecule has 2 aromatic rings. The van der Waals surface area contributed by atoms with Crippen LogP contribution in [0.15, 0.2) is 35.1 Å². The second-order valence-electron chi connectivity index (χ2n) is 7.01. The molecule has 0 unspecified atom stereocenters. The van der Waals surface area contributed by atoms with E-state index in [2.05, 4.69) is 10.00 Å². The van der Waals surface area contributed by atoms with Gasteiger partial charge in [0.2, 0.25) is 0 Å². The number of para-hydroxylation sites is 1. The molecule has 2 fully saturated rings. The van der Waals surface area contributed by atoms with Crippen LogP contribution in [0.3, 0.4) is 0 Å². The standard InChI is InChI=1S/C19H26N4O3/c1-21-19(24)23(16-5-3-2-4-6-16)18(20-21)15-7-10-22(11-8-15)12-9-17-25-13-14-26-17/h2-6,15,17H,7-14H2,1H3. The molecule has 3 heterocycles. The first-order valence-corrected chi connectivity index (χ1v) is 9.39. The van der Waals surface area contributed by atoms with Gasteiger partial charge in [0.15, 0.2) is 6.29 Å². The maximum atomic E-state index is 12.6. The molecule has 0 spiro atoms. The first-order valence-electron chi connectivity index (χ1n) is 9.39. The molecule has 7 heteroatoms. The molecule has 2 saturated heterocycles. The van der Waals surface area contributed by atoms with Crippen LogP contribution in [0.5, 0.6) is 0 Å². The van der Waals surface area contributed by atoms with Gasteiger partial charge in [0.05, 0.1) is 18.9 Å². The van der Waals surface area contributed by atoms with Gasteiger partial charge < -0.3 is 14.4 Å². The third kappa shape index (κ3) is 3.60. The molecule has 0 N–H and O–H groups in total. The third-order valence-corrected chi connectivity index (χ3v) is 5.29. The summed E-state index contributed by atoms with van der Waals surface area (Å²) in [5.74, 6) is 1.19. The van der Waals surface area contributed by atoms with Gasteiger partial charge in [-0.05, 0) is 38.1 Å². The van der Waals surface area contributed by atoms with E-state index in [4.69, 9.17) is 9.47 Å². The zero-order chi connectivity index (χ0) is 17.9. The number of hydrogen-bond acceptors (Lipinski definition) is 5. The summed E-state index contributed by atoms with van der Waals surface area (Å²) >= 11 is 0. The van der Waals surface area contributed by atoms with E-state index in [0.717, 1.165) is 50.4 Å². The highest BCUT2D eigenvalue weighted by Crippen LogP contribution is 2.27. The molecule has 0 bridgehead atoms. The molecular formula is C19H26N4O3. The number of aromatic nitrogens is 3. The van der Waals surface area contributed by atoms with Crippen LogP contribution in [0, 0.1) is 0 Å². The van der Waals surface area contributed by atoms with Crippen LogP contribution in [0.1, 0.15) is 31.0 Å². The quantitative estimate of drug-likeness (QED) is 0.811. The van der Waals surface area contributed by atoms with Crippen LogP contribution in [-0.4, -0.2) is 58.4 Å². The van der Waals surface area contributed by atoms with Crippen LogP contribution < -0.4 is 5.69 Å². The summed E-state index contributed by atoms with van der Waals surface area (Å²) in [7, 11) is 1.72. The highest BCUT2D eigenvalue weighted by Gasteiger charge is 2.27. The lowest BCUT2D eigenvalue weighted by atomic mass is 9.95. The van der Waals surface area contributed by atoms with Crippen molar-refractivity contribution in [1.29, 1.82) is 0 Å². The molecule has 2 aliphatic rings. The van der Waals surface area contributed by atoms with Crippen molar-refractivity contribution < 1.29 is 9.47 Å². The number of piperidine rings is 1. The van der Waals surface area contributed by atoms with Crippen LogP contribution in [-0.2, 0) is 16.5 Å². The maximum absolute atomic E-state index is 12.6. The molecule has 0 atom stereocenters. The molecule has 0 amide bonds. The molecule has 0 saturated carbocycles. The zero-order valence-electron chi connectivity index (χ0n) is 15.2. The Kier molecular flexibility index (Phi) is 5.19. The summed E-state index contributed by atoms with van der Waals surface area (Å²) in [5, 5.41) is 4.55. The van der Waals surface area contributed by atoms with Crippen molar-refractivity contribution in [1.82, 2.24) is 19.2 Å². The molecular weight excluding hydrogens is 332 g/mol. The Bertz CT molecular complexity index is 772. The topological polar surface area (TPSA) is 61.5 Å². The van der Waals surface area contributed by atoms with Crippen molar-refractivity contribution in [2.24, 2.45) is 7.05 Å². The highest BCUT2D eigenvalue weighted by atomic mass is 16.7. The normalized spacial score (nSPS) is 20.0. The summed E-state index contributed by atoms with van der Waals surface area (Å²) < 4.78 is 14.2. The number of hydrogen-bond donors (Lipinski definition) is 0. The molecule has 26 heavy (non-hydrogen) atoms. The molecule has 0 radical (unpaired) electrons. The number of nitrogens with zero attached hydrogens (tertiary/aromatic N) is 4. The summed E-state index contributed by atoms with van der Waals surface area (Å²) in [6, 6.07) is 9.79. The summed E-state index contributed by atoms with van der Waals surface area (Å²) in [6.07, 6.45) is 2.90. The molecule has 2 aliphatic heterocycles. The molecule has 140 valence electrons. The molecule has 1 aromatic carbocycles. The number of benzene rings is 1. The van der Waals surface area contributed by atoms with Gasteiger partial charge in [-0.2, -0.15) is 5.10 Å². The van der Waals surface area contributed by atoms with Gasteiger partial charge in [-0.25, -0.2) is 14.0 Å². The Hall–Kier alpha value is -1.96. The van der Waals surface area contributed by atoms with Crippen molar-refractivity contribution in [3.05, 3.63) is 46.6 Å². The summed E-state index contributed by atoms with van der Waals surface area (Å²) in [6.45, 7) is 4.44. The van der Waals surface area contributed by atoms with Crippen molar-refractivity contribution in [3.8, 4) is 5.69 Å². The largest absolute Gasteiger partial charge is 0.350 e. The minimum absolute atomic E-state index is 0.0354. The minimum atomic E-state index is -0.0795. The van der Waals surface area contributed by atoms with Crippen LogP contribution in [0.25, 0.3) is 5.69 Å². The van der Waals surface area contributed by atoms with Crippen molar-refractivity contribution in [2.45, 2.75) is 31.5 Å². The smallest absolute Gasteiger partial charge is 0.350 e. The fraction of sp³-hybridized carbons (Fsp3) is 0.579. The van der Waals surface area contributed by atoms with Gasteiger partial charge in [0.25, 0.3) is 0 Å². The Morgan fingerprint density at radius 2 is 1.81 bits per heavy atom. The lowest BCUT2D eigenvalue weighted by Gasteiger charge is -2.31. The first kappa shape index (κ1) is 17.5. The van der Waals surface area contributed by atoms with E-state index in [1.807, 2.05) is 30.3 Å². The van der Waals surface area contributed by atoms with Crippen molar-refractivity contribution in [3.63, 3.8) is 0 Å². The van der Waals surface area contributed by atoms with Crippen molar-refractivity contribution >= 4 is 0 Å². The fourth-order valence-electron chi connectivity index (χ4n) is 3.84. The minimum Gasteiger partial charge on any atom is -0.350 e. The van der Waals surface area contributed by atoms with Crippen LogP contribution in [0.2, 0.25) is 0 Å². The van der Waals surface area contributed by atoms with Gasteiger partial charge in [-0.15, -0.1) is 0 Å². The predicted molar refractivity (Wildman–Crippen MR) is 97.5 cm³/mol.